The quantitative estimate of drug-likeness (QED) is 0.668. The van der Waals surface area contributed by atoms with Crippen molar-refractivity contribution in [3.63, 3.8) is 0 Å². The average Bonchev–Trinajstić information content (AvgIpc) is 3.05. The summed E-state index contributed by atoms with van der Waals surface area (Å²) in [5.74, 6) is -0.0189. The summed E-state index contributed by atoms with van der Waals surface area (Å²) in [6.07, 6.45) is 6.40. The van der Waals surface area contributed by atoms with E-state index in [4.69, 9.17) is 0 Å². The number of carbonyl (C=O) groups excluding carboxylic acids is 1. The zero-order valence-corrected chi connectivity index (χ0v) is 15.6. The van der Waals surface area contributed by atoms with Gasteiger partial charge < -0.3 is 4.90 Å². The predicted molar refractivity (Wildman–Crippen MR) is 99.5 cm³/mol. The highest BCUT2D eigenvalue weighted by molar-refractivity contribution is 9.10. The van der Waals surface area contributed by atoms with Crippen LogP contribution in [-0.4, -0.2) is 31.9 Å². The first-order valence-corrected chi connectivity index (χ1v) is 9.36. The Bertz CT molecular complexity index is 936. The smallest absolute Gasteiger partial charge is 0.274 e. The number of rotatable bonds is 3. The van der Waals surface area contributed by atoms with Crippen LogP contribution in [0.4, 0.5) is 0 Å². The standard InChI is InChI=1S/C19H19BrN4O/c1-2-5-17-15-7-4-3-6-13(15)8-9-23(17)19(25)16-10-18-21-11-14(20)12-24(18)22-16/h3-4,6-7,10-12,17H,2,5,8-9H2,1H3. The van der Waals surface area contributed by atoms with Gasteiger partial charge in [0.2, 0.25) is 0 Å². The molecule has 0 aliphatic carbocycles. The highest BCUT2D eigenvalue weighted by Crippen LogP contribution is 2.34. The largest absolute Gasteiger partial charge is 0.330 e. The minimum absolute atomic E-state index is 0.0189. The van der Waals surface area contributed by atoms with Crippen molar-refractivity contribution < 1.29 is 4.79 Å². The number of hydrogen-bond acceptors (Lipinski definition) is 3. The van der Waals surface area contributed by atoms with Gasteiger partial charge in [-0.15, -0.1) is 0 Å². The van der Waals surface area contributed by atoms with Crippen LogP contribution in [0, 0.1) is 0 Å². The number of nitrogens with zero attached hydrogens (tertiary/aromatic N) is 4. The zero-order chi connectivity index (χ0) is 17.4. The van der Waals surface area contributed by atoms with Crippen LogP contribution in [0.1, 0.15) is 47.4 Å². The van der Waals surface area contributed by atoms with Crippen LogP contribution in [0.25, 0.3) is 5.65 Å². The lowest BCUT2D eigenvalue weighted by Gasteiger charge is -2.37. The fourth-order valence-corrected chi connectivity index (χ4v) is 3.88. The van der Waals surface area contributed by atoms with Gasteiger partial charge in [-0.05, 0) is 39.9 Å². The summed E-state index contributed by atoms with van der Waals surface area (Å²) >= 11 is 3.38. The molecule has 5 nitrogen and oxygen atoms in total. The van der Waals surface area contributed by atoms with Crippen molar-refractivity contribution >= 4 is 27.5 Å². The number of carbonyl (C=O) groups is 1. The van der Waals surface area contributed by atoms with Crippen LogP contribution < -0.4 is 0 Å². The summed E-state index contributed by atoms with van der Waals surface area (Å²) in [5, 5.41) is 4.43. The van der Waals surface area contributed by atoms with Crippen molar-refractivity contribution in [2.24, 2.45) is 0 Å². The first-order valence-electron chi connectivity index (χ1n) is 8.57. The molecule has 128 valence electrons. The van der Waals surface area contributed by atoms with E-state index in [1.54, 1.807) is 16.8 Å². The lowest BCUT2D eigenvalue weighted by atomic mass is 9.90. The Hall–Kier alpha value is -2.21. The number of amides is 1. The summed E-state index contributed by atoms with van der Waals surface area (Å²) in [5.41, 5.74) is 3.75. The van der Waals surface area contributed by atoms with Gasteiger partial charge in [-0.1, -0.05) is 37.6 Å². The Morgan fingerprint density at radius 1 is 1.36 bits per heavy atom. The molecule has 6 heteroatoms. The van der Waals surface area contributed by atoms with Crippen molar-refractivity contribution in [2.75, 3.05) is 6.54 Å². The fourth-order valence-electron chi connectivity index (χ4n) is 3.59. The highest BCUT2D eigenvalue weighted by atomic mass is 79.9. The highest BCUT2D eigenvalue weighted by Gasteiger charge is 2.31. The van der Waals surface area contributed by atoms with Crippen LogP contribution in [-0.2, 0) is 6.42 Å². The van der Waals surface area contributed by atoms with E-state index >= 15 is 0 Å². The van der Waals surface area contributed by atoms with E-state index < -0.39 is 0 Å². The maximum absolute atomic E-state index is 13.2. The van der Waals surface area contributed by atoms with Gasteiger partial charge in [-0.3, -0.25) is 4.79 Å². The summed E-state index contributed by atoms with van der Waals surface area (Å²) in [6.45, 7) is 2.89. The van der Waals surface area contributed by atoms with E-state index in [1.807, 2.05) is 11.1 Å². The van der Waals surface area contributed by atoms with Gasteiger partial charge in [0.15, 0.2) is 11.3 Å². The second kappa shape index (κ2) is 6.59. The monoisotopic (exact) mass is 398 g/mol. The Labute approximate surface area is 154 Å². The molecule has 0 bridgehead atoms. The molecule has 3 aromatic rings. The Morgan fingerprint density at radius 3 is 3.04 bits per heavy atom. The van der Waals surface area contributed by atoms with E-state index in [2.05, 4.69) is 57.2 Å². The molecule has 0 saturated carbocycles. The first kappa shape index (κ1) is 16.3. The van der Waals surface area contributed by atoms with Crippen LogP contribution in [0.5, 0.6) is 0 Å². The molecule has 2 aromatic heterocycles. The van der Waals surface area contributed by atoms with E-state index in [0.29, 0.717) is 11.3 Å². The molecular formula is C19H19BrN4O. The Kier molecular flexibility index (Phi) is 4.29. The van der Waals surface area contributed by atoms with E-state index in [1.165, 1.54) is 11.1 Å². The van der Waals surface area contributed by atoms with Crippen LogP contribution in [0.2, 0.25) is 0 Å². The molecule has 0 saturated heterocycles. The summed E-state index contributed by atoms with van der Waals surface area (Å²) in [6, 6.07) is 10.3. The number of aromatic nitrogens is 3. The summed E-state index contributed by atoms with van der Waals surface area (Å²) in [4.78, 5) is 19.4. The van der Waals surface area contributed by atoms with E-state index in [-0.39, 0.29) is 11.9 Å². The molecule has 1 aliphatic heterocycles. The molecule has 1 aliphatic rings. The first-order chi connectivity index (χ1) is 12.2. The van der Waals surface area contributed by atoms with Crippen molar-refractivity contribution in [2.45, 2.75) is 32.2 Å². The van der Waals surface area contributed by atoms with Crippen LogP contribution >= 0.6 is 15.9 Å². The van der Waals surface area contributed by atoms with Gasteiger partial charge in [-0.25, -0.2) is 9.50 Å². The van der Waals surface area contributed by atoms with Gasteiger partial charge in [-0.2, -0.15) is 5.10 Å². The summed E-state index contributed by atoms with van der Waals surface area (Å²) < 4.78 is 2.47. The molecule has 3 heterocycles. The van der Waals surface area contributed by atoms with E-state index in [0.717, 1.165) is 30.3 Å². The second-order valence-electron chi connectivity index (χ2n) is 6.36. The molecule has 1 aromatic carbocycles. The molecule has 1 unspecified atom stereocenters. The van der Waals surface area contributed by atoms with Gasteiger partial charge in [0, 0.05) is 25.0 Å². The number of halogens is 1. The molecule has 1 atom stereocenters. The molecular weight excluding hydrogens is 380 g/mol. The molecule has 1 amide bonds. The molecule has 0 spiro atoms. The zero-order valence-electron chi connectivity index (χ0n) is 14.0. The van der Waals surface area contributed by atoms with Gasteiger partial charge in [0.05, 0.1) is 10.5 Å². The van der Waals surface area contributed by atoms with Crippen molar-refractivity contribution in [3.05, 3.63) is 64.0 Å². The SMILES string of the molecule is CCCC1c2ccccc2CCN1C(=O)c1cc2ncc(Br)cn2n1. The van der Waals surface area contributed by atoms with Crippen molar-refractivity contribution in [3.8, 4) is 0 Å². The maximum atomic E-state index is 13.2. The predicted octanol–water partition coefficient (Wildman–Crippen LogP) is 4.03. The number of benzene rings is 1. The topological polar surface area (TPSA) is 50.5 Å². The van der Waals surface area contributed by atoms with E-state index in [9.17, 15) is 4.79 Å². The lowest BCUT2D eigenvalue weighted by Crippen LogP contribution is -2.40. The molecule has 4 rings (SSSR count). The lowest BCUT2D eigenvalue weighted by molar-refractivity contribution is 0.0643. The normalized spacial score (nSPS) is 16.9. The van der Waals surface area contributed by atoms with Gasteiger partial charge >= 0.3 is 0 Å². The minimum atomic E-state index is -0.0189. The molecule has 25 heavy (non-hydrogen) atoms. The second-order valence-corrected chi connectivity index (χ2v) is 7.27. The third-order valence-electron chi connectivity index (χ3n) is 4.74. The van der Waals surface area contributed by atoms with Crippen molar-refractivity contribution in [1.82, 2.24) is 19.5 Å². The fraction of sp³-hybridized carbons (Fsp3) is 0.316. The molecule has 0 N–H and O–H groups in total. The number of fused-ring (bicyclic) bond motifs is 2. The minimum Gasteiger partial charge on any atom is -0.330 e. The Morgan fingerprint density at radius 2 is 2.20 bits per heavy atom. The summed E-state index contributed by atoms with van der Waals surface area (Å²) in [7, 11) is 0. The average molecular weight is 399 g/mol. The van der Waals surface area contributed by atoms with Gasteiger partial charge in [0.25, 0.3) is 5.91 Å². The Balaban J connectivity index is 1.70. The maximum Gasteiger partial charge on any atom is 0.274 e. The van der Waals surface area contributed by atoms with Crippen LogP contribution in [0.3, 0.4) is 0 Å². The number of hydrogen-bond donors (Lipinski definition) is 0. The molecule has 0 radical (unpaired) electrons. The van der Waals surface area contributed by atoms with Crippen molar-refractivity contribution in [1.29, 1.82) is 0 Å². The third-order valence-corrected chi connectivity index (χ3v) is 5.15. The van der Waals surface area contributed by atoms with Crippen LogP contribution in [0.15, 0.2) is 47.2 Å². The third kappa shape index (κ3) is 2.95. The molecule has 0 fully saturated rings. The van der Waals surface area contributed by atoms with Gasteiger partial charge in [0.1, 0.15) is 0 Å².